The van der Waals surface area contributed by atoms with Crippen molar-refractivity contribution in [2.24, 2.45) is 0 Å². The van der Waals surface area contributed by atoms with Crippen LogP contribution in [-0.4, -0.2) is 63.1 Å². The van der Waals surface area contributed by atoms with Crippen molar-refractivity contribution in [3.63, 3.8) is 0 Å². The van der Waals surface area contributed by atoms with Crippen LogP contribution in [0.2, 0.25) is 0 Å². The number of hydrogen-bond donors (Lipinski definition) is 3. The highest BCUT2D eigenvalue weighted by Gasteiger charge is 2.60. The van der Waals surface area contributed by atoms with Crippen LogP contribution in [0.1, 0.15) is 49.0 Å². The third kappa shape index (κ3) is 3.81. The number of H-pyrrole nitrogens is 1. The number of aromatic nitrogens is 1. The second kappa shape index (κ2) is 8.72. The number of carbonyl (C=O) groups is 2. The van der Waals surface area contributed by atoms with E-state index in [4.69, 9.17) is 0 Å². The lowest BCUT2D eigenvalue weighted by Gasteiger charge is -2.42. The van der Waals surface area contributed by atoms with Gasteiger partial charge in [-0.25, -0.2) is 4.79 Å². The van der Waals surface area contributed by atoms with E-state index in [9.17, 15) is 23.5 Å². The number of phenolic OH excluding ortho intramolecular Hbond substituents is 1. The maximum absolute atomic E-state index is 13.8. The molecule has 3 aliphatic rings. The minimum atomic E-state index is -2.96. The highest BCUT2D eigenvalue weighted by molar-refractivity contribution is 6.08. The molecule has 0 bridgehead atoms. The Balaban J connectivity index is 1.44. The van der Waals surface area contributed by atoms with Crippen LogP contribution in [0.5, 0.6) is 11.5 Å². The van der Waals surface area contributed by atoms with Gasteiger partial charge in [0.2, 0.25) is 0 Å². The summed E-state index contributed by atoms with van der Waals surface area (Å²) in [5, 5.41) is 14.3. The maximum Gasteiger partial charge on any atom is 0.387 e. The molecule has 3 aromatic rings. The Hall–Kier alpha value is -3.66. The summed E-state index contributed by atoms with van der Waals surface area (Å²) >= 11 is 0. The third-order valence-corrected chi connectivity index (χ3v) is 7.92. The van der Waals surface area contributed by atoms with Crippen LogP contribution < -0.4 is 10.1 Å². The first-order chi connectivity index (χ1) is 17.8. The molecule has 10 heteroatoms. The Labute approximate surface area is 212 Å². The van der Waals surface area contributed by atoms with Crippen LogP contribution in [0.3, 0.4) is 0 Å². The van der Waals surface area contributed by atoms with Gasteiger partial charge in [-0.2, -0.15) is 8.78 Å². The number of hydrogen-bond acceptors (Lipinski definition) is 5. The molecule has 1 saturated heterocycles. The zero-order valence-electron chi connectivity index (χ0n) is 20.3. The number of alkyl halides is 2. The molecule has 2 atom stereocenters. The van der Waals surface area contributed by atoms with Gasteiger partial charge in [0, 0.05) is 42.1 Å². The number of halogens is 2. The van der Waals surface area contributed by atoms with Gasteiger partial charge in [0.05, 0.1) is 0 Å². The first-order valence-electron chi connectivity index (χ1n) is 12.5. The molecule has 1 saturated carbocycles. The Bertz CT molecular complexity index is 1390. The van der Waals surface area contributed by atoms with Crippen molar-refractivity contribution in [1.29, 1.82) is 0 Å². The Morgan fingerprint density at radius 2 is 2.03 bits per heavy atom. The van der Waals surface area contributed by atoms with Crippen molar-refractivity contribution in [2.45, 2.75) is 56.8 Å². The summed E-state index contributed by atoms with van der Waals surface area (Å²) in [6.07, 6.45) is 3.61. The van der Waals surface area contributed by atoms with Crippen molar-refractivity contribution >= 4 is 22.8 Å². The summed E-state index contributed by atoms with van der Waals surface area (Å²) in [5.41, 5.74) is 1.58. The monoisotopic (exact) mass is 510 g/mol. The number of carbonyl (C=O) groups excluding carboxylic acids is 2. The van der Waals surface area contributed by atoms with Crippen LogP contribution >= 0.6 is 0 Å². The second-order valence-electron chi connectivity index (χ2n) is 10.2. The van der Waals surface area contributed by atoms with Gasteiger partial charge in [0.1, 0.15) is 23.1 Å². The Morgan fingerprint density at radius 1 is 1.22 bits per heavy atom. The summed E-state index contributed by atoms with van der Waals surface area (Å²) in [7, 11) is 0. The quantitative estimate of drug-likeness (QED) is 0.412. The number of ether oxygens (including phenoxy) is 1. The smallest absolute Gasteiger partial charge is 0.387 e. The number of urea groups is 1. The zero-order chi connectivity index (χ0) is 25.9. The van der Waals surface area contributed by atoms with E-state index in [0.29, 0.717) is 34.7 Å². The maximum atomic E-state index is 13.8. The molecule has 2 aromatic carbocycles. The second-order valence-corrected chi connectivity index (χ2v) is 10.2. The van der Waals surface area contributed by atoms with Crippen molar-refractivity contribution < 1.29 is 28.2 Å². The van der Waals surface area contributed by atoms with Gasteiger partial charge >= 0.3 is 12.6 Å². The van der Waals surface area contributed by atoms with E-state index in [-0.39, 0.29) is 36.4 Å². The molecule has 3 N–H and O–H groups in total. The fourth-order valence-corrected chi connectivity index (χ4v) is 5.90. The standard InChI is InChI=1S/C27H28F2N4O4/c1-27-14-20-19-13-18(37-25(28)29)8-9-21(19)31-22(20)23(15-4-2-7-17(34)12-15)33(27)26(36)32(24(27)35)11-10-30-16-5-3-6-16/h2,4,7-9,12-13,16,23,25,30-31,34H,3,5-6,10-11,14H2,1H3. The number of aromatic hydroxyl groups is 1. The van der Waals surface area contributed by atoms with E-state index >= 15 is 0 Å². The van der Waals surface area contributed by atoms with Gasteiger partial charge in [-0.1, -0.05) is 18.6 Å². The number of aromatic amines is 1. The van der Waals surface area contributed by atoms with Gasteiger partial charge in [-0.05, 0) is 61.2 Å². The summed E-state index contributed by atoms with van der Waals surface area (Å²) in [6, 6.07) is 10.6. The predicted molar refractivity (Wildman–Crippen MR) is 132 cm³/mol. The molecule has 2 aliphatic heterocycles. The lowest BCUT2D eigenvalue weighted by atomic mass is 9.81. The highest BCUT2D eigenvalue weighted by Crippen LogP contribution is 2.49. The molecular weight excluding hydrogens is 482 g/mol. The number of rotatable bonds is 7. The van der Waals surface area contributed by atoms with E-state index < -0.39 is 18.2 Å². The molecule has 2 unspecified atom stereocenters. The van der Waals surface area contributed by atoms with Crippen LogP contribution in [0, 0.1) is 0 Å². The summed E-state index contributed by atoms with van der Waals surface area (Å²) < 4.78 is 30.4. The van der Waals surface area contributed by atoms with Crippen LogP contribution in [0.4, 0.5) is 13.6 Å². The SMILES string of the molecule is CC12Cc3c([nH]c4ccc(OC(F)F)cc34)C(c3cccc(O)c3)N1C(=O)N(CCNC1CCC1)C2=O. The van der Waals surface area contributed by atoms with Gasteiger partial charge in [0.15, 0.2) is 0 Å². The van der Waals surface area contributed by atoms with Crippen molar-refractivity contribution in [1.82, 2.24) is 20.1 Å². The van der Waals surface area contributed by atoms with E-state index in [2.05, 4.69) is 15.0 Å². The molecule has 6 rings (SSSR count). The van der Waals surface area contributed by atoms with Crippen LogP contribution in [0.25, 0.3) is 10.9 Å². The first kappa shape index (κ1) is 23.7. The lowest BCUT2D eigenvalue weighted by molar-refractivity contribution is -0.133. The van der Waals surface area contributed by atoms with Crippen molar-refractivity contribution in [2.75, 3.05) is 13.1 Å². The van der Waals surface area contributed by atoms with Gasteiger partial charge < -0.3 is 20.1 Å². The zero-order valence-corrected chi connectivity index (χ0v) is 20.3. The molecule has 194 valence electrons. The molecule has 8 nitrogen and oxygen atoms in total. The first-order valence-corrected chi connectivity index (χ1v) is 12.5. The molecule has 2 fully saturated rings. The van der Waals surface area contributed by atoms with E-state index in [0.717, 1.165) is 18.4 Å². The minimum absolute atomic E-state index is 0.0170. The number of phenols is 1. The average molecular weight is 511 g/mol. The third-order valence-electron chi connectivity index (χ3n) is 7.92. The summed E-state index contributed by atoms with van der Waals surface area (Å²) in [5.74, 6) is -0.240. The fourth-order valence-electron chi connectivity index (χ4n) is 5.90. The average Bonchev–Trinajstić information content (AvgIpc) is 3.26. The van der Waals surface area contributed by atoms with Crippen LogP contribution in [-0.2, 0) is 11.2 Å². The summed E-state index contributed by atoms with van der Waals surface area (Å²) in [6.45, 7) is -0.431. The Kier molecular flexibility index (Phi) is 5.59. The number of imide groups is 1. The number of nitrogens with zero attached hydrogens (tertiary/aromatic N) is 2. The highest BCUT2D eigenvalue weighted by atomic mass is 19.3. The topological polar surface area (TPSA) is 97.9 Å². The van der Waals surface area contributed by atoms with Gasteiger partial charge in [-0.15, -0.1) is 0 Å². The molecular formula is C27H28F2N4O4. The molecule has 0 spiro atoms. The van der Waals surface area contributed by atoms with E-state index in [1.165, 1.54) is 23.5 Å². The molecule has 3 amide bonds. The molecule has 1 aromatic heterocycles. The lowest BCUT2D eigenvalue weighted by Crippen LogP contribution is -2.53. The largest absolute Gasteiger partial charge is 0.508 e. The molecule has 3 heterocycles. The Morgan fingerprint density at radius 3 is 2.73 bits per heavy atom. The fraction of sp³-hybridized carbons (Fsp3) is 0.407. The molecule has 0 radical (unpaired) electrons. The van der Waals surface area contributed by atoms with Gasteiger partial charge in [0.25, 0.3) is 5.91 Å². The predicted octanol–water partition coefficient (Wildman–Crippen LogP) is 4.29. The van der Waals surface area contributed by atoms with Crippen LogP contribution in [0.15, 0.2) is 42.5 Å². The van der Waals surface area contributed by atoms with E-state index in [1.807, 2.05) is 0 Å². The number of fused-ring (bicyclic) bond motifs is 4. The number of benzene rings is 2. The van der Waals surface area contributed by atoms with Gasteiger partial charge in [-0.3, -0.25) is 14.6 Å². The number of amides is 3. The molecule has 1 aliphatic carbocycles. The normalized spacial score (nSPS) is 23.5. The molecule has 37 heavy (non-hydrogen) atoms. The summed E-state index contributed by atoms with van der Waals surface area (Å²) in [4.78, 5) is 33.9. The van der Waals surface area contributed by atoms with Crippen molar-refractivity contribution in [3.05, 3.63) is 59.3 Å². The van der Waals surface area contributed by atoms with Crippen molar-refractivity contribution in [3.8, 4) is 11.5 Å². The van der Waals surface area contributed by atoms with E-state index in [1.54, 1.807) is 42.2 Å². The number of nitrogens with one attached hydrogen (secondary N) is 2. The minimum Gasteiger partial charge on any atom is -0.508 e.